The van der Waals surface area contributed by atoms with Crippen LogP contribution in [0.3, 0.4) is 0 Å². The van der Waals surface area contributed by atoms with Gasteiger partial charge in [-0.2, -0.15) is 0 Å². The average molecular weight is 421 g/mol. The second-order valence-corrected chi connectivity index (χ2v) is 8.89. The van der Waals surface area contributed by atoms with Crippen LogP contribution in [0.15, 0.2) is 18.2 Å². The van der Waals surface area contributed by atoms with Crippen molar-refractivity contribution in [3.63, 3.8) is 0 Å². The molecule has 3 N–H and O–H groups in total. The van der Waals surface area contributed by atoms with Crippen molar-refractivity contribution in [3.8, 4) is 11.5 Å². The highest BCUT2D eigenvalue weighted by Gasteiger charge is 2.20. The lowest BCUT2D eigenvalue weighted by Crippen LogP contribution is -2.41. The molecule has 1 aliphatic heterocycles. The summed E-state index contributed by atoms with van der Waals surface area (Å²) in [6.07, 6.45) is 9.98. The Kier molecular flexibility index (Phi) is 9.72. The van der Waals surface area contributed by atoms with Crippen molar-refractivity contribution in [3.05, 3.63) is 23.8 Å². The van der Waals surface area contributed by atoms with E-state index in [1.807, 2.05) is 18.2 Å². The lowest BCUT2D eigenvalue weighted by Gasteiger charge is -2.31. The average Bonchev–Trinajstić information content (AvgIpc) is 2.73. The minimum absolute atomic E-state index is 0.193. The normalized spacial score (nSPS) is 21.0. The Morgan fingerprint density at radius 2 is 1.77 bits per heavy atom. The number of ether oxygens (including phenoxy) is 2. The fourth-order valence-electron chi connectivity index (χ4n) is 4.51. The first-order valence-corrected chi connectivity index (χ1v) is 11.8. The molecule has 0 bridgehead atoms. The van der Waals surface area contributed by atoms with E-state index in [4.69, 9.17) is 9.47 Å². The van der Waals surface area contributed by atoms with Gasteiger partial charge in [0.05, 0.1) is 13.2 Å². The number of piperidine rings is 1. The lowest BCUT2D eigenvalue weighted by molar-refractivity contribution is 0.0336. The molecule has 2 aliphatic rings. The van der Waals surface area contributed by atoms with E-state index in [9.17, 15) is 10.2 Å². The molecule has 170 valence electrons. The van der Waals surface area contributed by atoms with E-state index >= 15 is 0 Å². The van der Waals surface area contributed by atoms with Crippen LogP contribution in [0.4, 0.5) is 0 Å². The molecule has 1 saturated heterocycles. The van der Waals surface area contributed by atoms with Gasteiger partial charge in [0.2, 0.25) is 0 Å². The standard InChI is InChI=1S/C24H40N2O4/c1-29-23-9-10-24(30-18-22(28)17-26-13-11-21(27)12-14-26)19(15-23)16-25-20-7-5-3-2-4-6-8-20/h9-10,15,20-22,25,27-28H,2-8,11-14,16-18H2,1H3. The molecule has 0 spiro atoms. The van der Waals surface area contributed by atoms with Gasteiger partial charge in [0.15, 0.2) is 0 Å². The van der Waals surface area contributed by atoms with Crippen molar-refractivity contribution < 1.29 is 19.7 Å². The van der Waals surface area contributed by atoms with Gasteiger partial charge in [0.1, 0.15) is 24.2 Å². The Bertz CT molecular complexity index is 611. The maximum Gasteiger partial charge on any atom is 0.124 e. The van der Waals surface area contributed by atoms with E-state index in [0.717, 1.165) is 49.5 Å². The number of rotatable bonds is 9. The maximum atomic E-state index is 10.4. The van der Waals surface area contributed by atoms with Gasteiger partial charge in [-0.05, 0) is 43.9 Å². The Labute approximate surface area is 181 Å². The van der Waals surface area contributed by atoms with E-state index in [1.165, 1.54) is 44.9 Å². The number of aliphatic hydroxyl groups excluding tert-OH is 2. The number of nitrogens with zero attached hydrogens (tertiary/aromatic N) is 1. The summed E-state index contributed by atoms with van der Waals surface area (Å²) in [6.45, 7) is 3.26. The molecule has 1 unspecified atom stereocenters. The van der Waals surface area contributed by atoms with Crippen molar-refractivity contribution in [2.24, 2.45) is 0 Å². The third-order valence-electron chi connectivity index (χ3n) is 6.41. The van der Waals surface area contributed by atoms with Gasteiger partial charge in [-0.15, -0.1) is 0 Å². The molecular formula is C24H40N2O4. The van der Waals surface area contributed by atoms with E-state index in [1.54, 1.807) is 7.11 Å². The van der Waals surface area contributed by atoms with Crippen LogP contribution < -0.4 is 14.8 Å². The number of benzene rings is 1. The zero-order valence-corrected chi connectivity index (χ0v) is 18.5. The summed E-state index contributed by atoms with van der Waals surface area (Å²) in [6, 6.07) is 6.44. The summed E-state index contributed by atoms with van der Waals surface area (Å²) in [7, 11) is 1.68. The molecule has 6 nitrogen and oxygen atoms in total. The largest absolute Gasteiger partial charge is 0.497 e. The highest BCUT2D eigenvalue weighted by Crippen LogP contribution is 2.25. The number of hydrogen-bond acceptors (Lipinski definition) is 6. The van der Waals surface area contributed by atoms with Gasteiger partial charge in [0, 0.05) is 37.8 Å². The van der Waals surface area contributed by atoms with E-state index < -0.39 is 6.10 Å². The molecule has 3 rings (SSSR count). The van der Waals surface area contributed by atoms with Gasteiger partial charge in [-0.3, -0.25) is 0 Å². The van der Waals surface area contributed by atoms with Crippen LogP contribution >= 0.6 is 0 Å². The second-order valence-electron chi connectivity index (χ2n) is 8.89. The molecular weight excluding hydrogens is 380 g/mol. The van der Waals surface area contributed by atoms with Gasteiger partial charge in [-0.25, -0.2) is 0 Å². The molecule has 0 radical (unpaired) electrons. The number of nitrogens with one attached hydrogen (secondary N) is 1. The molecule has 1 aromatic carbocycles. The van der Waals surface area contributed by atoms with Gasteiger partial charge < -0.3 is 29.9 Å². The molecule has 1 aromatic rings. The van der Waals surface area contributed by atoms with Gasteiger partial charge in [-0.1, -0.05) is 32.1 Å². The highest BCUT2D eigenvalue weighted by molar-refractivity contribution is 5.40. The van der Waals surface area contributed by atoms with E-state index in [2.05, 4.69) is 10.2 Å². The molecule has 0 amide bonds. The number of hydrogen-bond donors (Lipinski definition) is 3. The van der Waals surface area contributed by atoms with Gasteiger partial charge >= 0.3 is 0 Å². The van der Waals surface area contributed by atoms with Crippen LogP contribution in [0.5, 0.6) is 11.5 Å². The Morgan fingerprint density at radius 3 is 2.47 bits per heavy atom. The van der Waals surface area contributed by atoms with Crippen LogP contribution in [0.2, 0.25) is 0 Å². The first kappa shape index (κ1) is 23.3. The van der Waals surface area contributed by atoms with Gasteiger partial charge in [0.25, 0.3) is 0 Å². The Morgan fingerprint density at radius 1 is 1.07 bits per heavy atom. The van der Waals surface area contributed by atoms with Crippen LogP contribution in [-0.4, -0.2) is 66.7 Å². The fraction of sp³-hybridized carbons (Fsp3) is 0.750. The first-order valence-electron chi connectivity index (χ1n) is 11.8. The third kappa shape index (κ3) is 7.73. The Balaban J connectivity index is 1.51. The summed E-state index contributed by atoms with van der Waals surface area (Å²) in [5.74, 6) is 1.63. The first-order chi connectivity index (χ1) is 14.6. The van der Waals surface area contributed by atoms with Crippen LogP contribution in [0.25, 0.3) is 0 Å². The summed E-state index contributed by atoms with van der Waals surface area (Å²) in [5.41, 5.74) is 1.07. The minimum Gasteiger partial charge on any atom is -0.497 e. The predicted octanol–water partition coefficient (Wildman–Crippen LogP) is 3.09. The quantitative estimate of drug-likeness (QED) is 0.570. The third-order valence-corrected chi connectivity index (χ3v) is 6.41. The molecule has 2 fully saturated rings. The summed E-state index contributed by atoms with van der Waals surface area (Å²) < 4.78 is 11.4. The van der Waals surface area contributed by atoms with Crippen molar-refractivity contribution in [1.82, 2.24) is 10.2 Å². The molecule has 1 atom stereocenters. The molecule has 1 heterocycles. The number of β-amino-alcohol motifs (C(OH)–C–C–N with tert-alkyl or cyclic N) is 1. The number of aliphatic hydroxyl groups is 2. The Hall–Kier alpha value is -1.34. The smallest absolute Gasteiger partial charge is 0.124 e. The lowest BCUT2D eigenvalue weighted by atomic mass is 9.96. The molecule has 30 heavy (non-hydrogen) atoms. The molecule has 0 aromatic heterocycles. The van der Waals surface area contributed by atoms with E-state index in [-0.39, 0.29) is 12.7 Å². The van der Waals surface area contributed by atoms with Crippen LogP contribution in [0.1, 0.15) is 63.4 Å². The van der Waals surface area contributed by atoms with Crippen molar-refractivity contribution in [2.75, 3.05) is 33.4 Å². The predicted molar refractivity (Wildman–Crippen MR) is 119 cm³/mol. The monoisotopic (exact) mass is 420 g/mol. The zero-order chi connectivity index (χ0) is 21.2. The van der Waals surface area contributed by atoms with Crippen molar-refractivity contribution >= 4 is 0 Å². The molecule has 1 saturated carbocycles. The zero-order valence-electron chi connectivity index (χ0n) is 18.5. The number of likely N-dealkylation sites (tertiary alicyclic amines) is 1. The van der Waals surface area contributed by atoms with Crippen molar-refractivity contribution in [1.29, 1.82) is 0 Å². The van der Waals surface area contributed by atoms with Crippen LogP contribution in [-0.2, 0) is 6.54 Å². The fourth-order valence-corrected chi connectivity index (χ4v) is 4.51. The summed E-state index contributed by atoms with van der Waals surface area (Å²) in [5, 5.41) is 23.8. The maximum absolute atomic E-state index is 10.4. The molecule has 1 aliphatic carbocycles. The highest BCUT2D eigenvalue weighted by atomic mass is 16.5. The SMILES string of the molecule is COc1ccc(OCC(O)CN2CCC(O)CC2)c(CNC2CCCCCCC2)c1. The topological polar surface area (TPSA) is 74.2 Å². The summed E-state index contributed by atoms with van der Waals surface area (Å²) in [4.78, 5) is 2.20. The molecule has 6 heteroatoms. The van der Waals surface area contributed by atoms with Crippen molar-refractivity contribution in [2.45, 2.75) is 82.6 Å². The minimum atomic E-state index is -0.547. The number of methoxy groups -OCH3 is 1. The second kappa shape index (κ2) is 12.5. The summed E-state index contributed by atoms with van der Waals surface area (Å²) >= 11 is 0. The van der Waals surface area contributed by atoms with Crippen LogP contribution in [0, 0.1) is 0 Å². The van der Waals surface area contributed by atoms with E-state index in [0.29, 0.717) is 12.6 Å².